The van der Waals surface area contributed by atoms with Crippen LogP contribution in [0.2, 0.25) is 0 Å². The molecule has 0 aromatic rings. The van der Waals surface area contributed by atoms with Crippen LogP contribution in [-0.2, 0) is 4.79 Å². The second-order valence-corrected chi connectivity index (χ2v) is 3.83. The number of aliphatic hydroxyl groups is 4. The molecule has 1 fully saturated rings. The molecule has 1 unspecified atom stereocenters. The van der Waals surface area contributed by atoms with Gasteiger partial charge >= 0.3 is 11.9 Å². The predicted octanol–water partition coefficient (Wildman–Crippen LogP) is -1.38. The lowest BCUT2D eigenvalue weighted by atomic mass is 9.97. The zero-order chi connectivity index (χ0) is 11.0. The maximum atomic E-state index is 10.7. The first kappa shape index (κ1) is 11.4. The normalized spacial score (nSPS) is 21.7. The molecule has 82 valence electrons. The molecule has 1 atom stereocenters. The highest BCUT2D eigenvalue weighted by atomic mass is 16.7. The van der Waals surface area contributed by atoms with Gasteiger partial charge in [-0.1, -0.05) is 0 Å². The number of carboxylic acids is 1. The minimum absolute atomic E-state index is 0.132. The van der Waals surface area contributed by atoms with E-state index in [0.29, 0.717) is 12.8 Å². The molecule has 0 aromatic heterocycles. The van der Waals surface area contributed by atoms with Gasteiger partial charge in [0.05, 0.1) is 5.41 Å². The first-order valence-electron chi connectivity index (χ1n) is 4.36. The fraction of sp³-hybridized carbons (Fsp3) is 0.875. The van der Waals surface area contributed by atoms with Gasteiger partial charge in [-0.15, -0.1) is 0 Å². The van der Waals surface area contributed by atoms with Crippen LogP contribution in [0.25, 0.3) is 0 Å². The highest BCUT2D eigenvalue weighted by Crippen LogP contribution is 2.50. The summed E-state index contributed by atoms with van der Waals surface area (Å²) < 4.78 is 0. The van der Waals surface area contributed by atoms with Gasteiger partial charge < -0.3 is 25.5 Å². The second kappa shape index (κ2) is 3.47. The third-order valence-corrected chi connectivity index (χ3v) is 2.65. The molecule has 0 bridgehead atoms. The fourth-order valence-electron chi connectivity index (χ4n) is 1.33. The average molecular weight is 206 g/mol. The van der Waals surface area contributed by atoms with E-state index in [4.69, 9.17) is 25.5 Å². The summed E-state index contributed by atoms with van der Waals surface area (Å²) in [4.78, 5) is 10.7. The number of aliphatic carboxylic acids is 1. The molecule has 5 N–H and O–H groups in total. The number of carbonyl (C=O) groups is 1. The van der Waals surface area contributed by atoms with Crippen molar-refractivity contribution in [1.82, 2.24) is 0 Å². The van der Waals surface area contributed by atoms with Crippen LogP contribution in [0.3, 0.4) is 0 Å². The van der Waals surface area contributed by atoms with E-state index < -0.39 is 23.5 Å². The van der Waals surface area contributed by atoms with E-state index in [9.17, 15) is 4.79 Å². The Hall–Kier alpha value is -0.690. The molecule has 1 rings (SSSR count). The maximum Gasteiger partial charge on any atom is 0.309 e. The van der Waals surface area contributed by atoms with Gasteiger partial charge in [0.2, 0.25) is 0 Å². The second-order valence-electron chi connectivity index (χ2n) is 3.83. The molecule has 1 aliphatic rings. The largest absolute Gasteiger partial charge is 0.481 e. The van der Waals surface area contributed by atoms with E-state index in [1.54, 1.807) is 0 Å². The van der Waals surface area contributed by atoms with E-state index in [1.807, 2.05) is 0 Å². The van der Waals surface area contributed by atoms with E-state index in [-0.39, 0.29) is 12.8 Å². The van der Waals surface area contributed by atoms with Crippen molar-refractivity contribution >= 4 is 5.97 Å². The molecule has 0 heterocycles. The van der Waals surface area contributed by atoms with Crippen LogP contribution in [0.5, 0.6) is 0 Å². The number of carboxylic acid groups (broad SMARTS) is 1. The van der Waals surface area contributed by atoms with Crippen LogP contribution in [0.1, 0.15) is 25.7 Å². The van der Waals surface area contributed by atoms with Crippen molar-refractivity contribution in [3.63, 3.8) is 0 Å². The van der Waals surface area contributed by atoms with Crippen LogP contribution in [0, 0.1) is 5.41 Å². The SMILES string of the molecule is O=C(O)C1(CCC(O)C(O)(O)O)CC1. The van der Waals surface area contributed by atoms with Crippen LogP contribution in [0.4, 0.5) is 0 Å². The molecule has 0 radical (unpaired) electrons. The smallest absolute Gasteiger partial charge is 0.309 e. The first-order chi connectivity index (χ1) is 6.28. The molecule has 0 saturated heterocycles. The summed E-state index contributed by atoms with van der Waals surface area (Å²) in [5.74, 6) is -4.08. The number of rotatable bonds is 5. The van der Waals surface area contributed by atoms with E-state index in [2.05, 4.69) is 0 Å². The summed E-state index contributed by atoms with van der Waals surface area (Å²) in [5, 5.41) is 43.4. The molecule has 1 aliphatic carbocycles. The number of hydrogen-bond acceptors (Lipinski definition) is 5. The summed E-state index contributed by atoms with van der Waals surface area (Å²) in [7, 11) is 0. The molecule has 0 amide bonds. The third-order valence-electron chi connectivity index (χ3n) is 2.65. The Labute approximate surface area is 80.4 Å². The first-order valence-corrected chi connectivity index (χ1v) is 4.36. The standard InChI is InChI=1S/C8H14O6/c9-5(8(12,13)14)1-2-7(3-4-7)6(10)11/h5,9,12-14H,1-4H2,(H,10,11). The van der Waals surface area contributed by atoms with Crippen molar-refractivity contribution in [1.29, 1.82) is 0 Å². The van der Waals surface area contributed by atoms with Gasteiger partial charge in [-0.2, -0.15) is 0 Å². The summed E-state index contributed by atoms with van der Waals surface area (Å²) in [6.45, 7) is 0. The van der Waals surface area contributed by atoms with Crippen LogP contribution in [-0.4, -0.2) is 43.6 Å². The summed E-state index contributed by atoms with van der Waals surface area (Å²) in [6, 6.07) is 0. The molecule has 0 spiro atoms. The van der Waals surface area contributed by atoms with E-state index in [1.165, 1.54) is 0 Å². The molecule has 0 aromatic carbocycles. The lowest BCUT2D eigenvalue weighted by Crippen LogP contribution is -2.42. The Bertz CT molecular complexity index is 226. The average Bonchev–Trinajstić information content (AvgIpc) is 2.78. The topological polar surface area (TPSA) is 118 Å². The lowest BCUT2D eigenvalue weighted by Gasteiger charge is -2.22. The van der Waals surface area contributed by atoms with Gasteiger partial charge in [0.25, 0.3) is 0 Å². The Morgan fingerprint density at radius 3 is 2.14 bits per heavy atom. The van der Waals surface area contributed by atoms with E-state index >= 15 is 0 Å². The Balaban J connectivity index is 2.38. The minimum atomic E-state index is -3.14. The Morgan fingerprint density at radius 1 is 1.36 bits per heavy atom. The van der Waals surface area contributed by atoms with Crippen LogP contribution < -0.4 is 0 Å². The van der Waals surface area contributed by atoms with Gasteiger partial charge in [0.15, 0.2) is 0 Å². The van der Waals surface area contributed by atoms with Gasteiger partial charge in [-0.25, -0.2) is 0 Å². The Kier molecular flexibility index (Phi) is 2.82. The molecule has 6 heteroatoms. The zero-order valence-corrected chi connectivity index (χ0v) is 7.55. The van der Waals surface area contributed by atoms with Crippen molar-refractivity contribution < 1.29 is 30.3 Å². The van der Waals surface area contributed by atoms with E-state index in [0.717, 1.165) is 0 Å². The molecule has 6 nitrogen and oxygen atoms in total. The van der Waals surface area contributed by atoms with Gasteiger partial charge in [0.1, 0.15) is 6.10 Å². The van der Waals surface area contributed by atoms with Crippen molar-refractivity contribution in [2.24, 2.45) is 5.41 Å². The molecular weight excluding hydrogens is 192 g/mol. The highest BCUT2D eigenvalue weighted by Gasteiger charge is 2.50. The van der Waals surface area contributed by atoms with Crippen LogP contribution >= 0.6 is 0 Å². The quantitative estimate of drug-likeness (QED) is 0.354. The van der Waals surface area contributed by atoms with Gasteiger partial charge in [0, 0.05) is 0 Å². The molecular formula is C8H14O6. The zero-order valence-electron chi connectivity index (χ0n) is 7.55. The Morgan fingerprint density at radius 2 is 1.86 bits per heavy atom. The molecule has 14 heavy (non-hydrogen) atoms. The maximum absolute atomic E-state index is 10.7. The fourth-order valence-corrected chi connectivity index (χ4v) is 1.33. The number of aliphatic hydroxyl groups excluding tert-OH is 1. The summed E-state index contributed by atoms with van der Waals surface area (Å²) in [6.07, 6.45) is -0.698. The van der Waals surface area contributed by atoms with Crippen molar-refractivity contribution in [2.75, 3.05) is 0 Å². The molecule has 1 saturated carbocycles. The van der Waals surface area contributed by atoms with Crippen LogP contribution in [0.15, 0.2) is 0 Å². The molecule has 0 aliphatic heterocycles. The lowest BCUT2D eigenvalue weighted by molar-refractivity contribution is -0.355. The van der Waals surface area contributed by atoms with Crippen molar-refractivity contribution in [2.45, 2.75) is 37.8 Å². The highest BCUT2D eigenvalue weighted by molar-refractivity contribution is 5.77. The monoisotopic (exact) mass is 206 g/mol. The number of hydrogen-bond donors (Lipinski definition) is 5. The summed E-state index contributed by atoms with van der Waals surface area (Å²) >= 11 is 0. The third kappa shape index (κ3) is 2.42. The van der Waals surface area contributed by atoms with Gasteiger partial charge in [-0.05, 0) is 25.7 Å². The van der Waals surface area contributed by atoms with Gasteiger partial charge in [-0.3, -0.25) is 4.79 Å². The summed E-state index contributed by atoms with van der Waals surface area (Å²) in [5.41, 5.74) is -0.827. The van der Waals surface area contributed by atoms with Crippen molar-refractivity contribution in [3.8, 4) is 0 Å². The van der Waals surface area contributed by atoms with Crippen molar-refractivity contribution in [3.05, 3.63) is 0 Å². The minimum Gasteiger partial charge on any atom is -0.481 e. The predicted molar refractivity (Wildman–Crippen MR) is 43.9 cm³/mol.